The Morgan fingerprint density at radius 1 is 0.528 bits per heavy atom. The number of benzene rings is 4. The van der Waals surface area contributed by atoms with Gasteiger partial charge in [-0.3, -0.25) is 9.59 Å². The molecule has 7 rings (SSSR count). The van der Waals surface area contributed by atoms with Crippen LogP contribution in [-0.4, -0.2) is 16.8 Å². The highest BCUT2D eigenvalue weighted by molar-refractivity contribution is 6.38. The van der Waals surface area contributed by atoms with Crippen molar-refractivity contribution < 1.29 is 9.59 Å². The lowest BCUT2D eigenvalue weighted by molar-refractivity contribution is -0.111. The molecule has 2 N–H and O–H groups in total. The summed E-state index contributed by atoms with van der Waals surface area (Å²) >= 11 is 0. The van der Waals surface area contributed by atoms with Gasteiger partial charge in [-0.15, -0.1) is 0 Å². The smallest absolute Gasteiger partial charge is 0.256 e. The first-order valence-corrected chi connectivity index (χ1v) is 11.7. The molecule has 5 heteroatoms. The van der Waals surface area contributed by atoms with Crippen LogP contribution in [0.15, 0.2) is 91.0 Å². The summed E-state index contributed by atoms with van der Waals surface area (Å²) in [6, 6.07) is 29.6. The summed E-state index contributed by atoms with van der Waals surface area (Å²) in [6.45, 7) is 0. The number of nitrogens with one attached hydrogen (secondary N) is 2. The van der Waals surface area contributed by atoms with E-state index in [0.29, 0.717) is 22.5 Å². The molecule has 3 heterocycles. The lowest BCUT2D eigenvalue weighted by Crippen LogP contribution is -2.04. The number of carbonyl (C=O) groups excluding carboxylic acids is 2. The Labute approximate surface area is 206 Å². The summed E-state index contributed by atoms with van der Waals surface area (Å²) in [5, 5.41) is 10.2. The molecule has 5 nitrogen and oxygen atoms in total. The van der Waals surface area contributed by atoms with Crippen molar-refractivity contribution in [1.29, 1.82) is 0 Å². The van der Waals surface area contributed by atoms with Crippen molar-refractivity contribution in [1.82, 2.24) is 4.98 Å². The fraction of sp³-hybridized carbons (Fsp3) is 0. The van der Waals surface area contributed by atoms with E-state index in [1.165, 1.54) is 0 Å². The van der Waals surface area contributed by atoms with Crippen molar-refractivity contribution in [3.63, 3.8) is 0 Å². The number of nitrogens with zero attached hydrogens (tertiary/aromatic N) is 1. The minimum Gasteiger partial charge on any atom is -0.321 e. The van der Waals surface area contributed by atoms with E-state index in [9.17, 15) is 9.59 Å². The van der Waals surface area contributed by atoms with Crippen molar-refractivity contribution >= 4 is 68.0 Å². The lowest BCUT2D eigenvalue weighted by Gasteiger charge is -2.04. The fourth-order valence-corrected chi connectivity index (χ4v) is 5.08. The number of amides is 2. The van der Waals surface area contributed by atoms with Gasteiger partial charge in [0.1, 0.15) is 0 Å². The molecular formula is C31H19N3O2. The molecule has 1 aromatic heterocycles. The molecule has 36 heavy (non-hydrogen) atoms. The molecule has 0 unspecified atom stereocenters. The van der Waals surface area contributed by atoms with E-state index in [0.717, 1.165) is 44.0 Å². The number of hydrogen-bond acceptors (Lipinski definition) is 3. The third kappa shape index (κ3) is 3.14. The van der Waals surface area contributed by atoms with Gasteiger partial charge in [0, 0.05) is 21.9 Å². The van der Waals surface area contributed by atoms with E-state index in [1.807, 2.05) is 91.0 Å². The van der Waals surface area contributed by atoms with Gasteiger partial charge in [-0.05, 0) is 35.1 Å². The van der Waals surface area contributed by atoms with E-state index >= 15 is 0 Å². The van der Waals surface area contributed by atoms with Crippen LogP contribution in [0.4, 0.5) is 11.4 Å². The number of fused-ring (bicyclic) bond motifs is 6. The molecule has 0 saturated heterocycles. The first kappa shape index (κ1) is 20.4. The molecule has 0 spiro atoms. The van der Waals surface area contributed by atoms with Crippen molar-refractivity contribution in [2.24, 2.45) is 0 Å². The number of anilines is 2. The monoisotopic (exact) mass is 465 g/mol. The minimum atomic E-state index is -0.150. The molecule has 5 aromatic rings. The van der Waals surface area contributed by atoms with Crippen LogP contribution >= 0.6 is 0 Å². The molecule has 0 aliphatic carbocycles. The molecule has 2 amide bonds. The van der Waals surface area contributed by atoms with Crippen LogP contribution < -0.4 is 10.6 Å². The molecule has 0 bridgehead atoms. The highest BCUT2D eigenvalue weighted by Gasteiger charge is 2.27. The predicted octanol–water partition coefficient (Wildman–Crippen LogP) is 6.37. The predicted molar refractivity (Wildman–Crippen MR) is 145 cm³/mol. The third-order valence-corrected chi connectivity index (χ3v) is 6.78. The average molecular weight is 466 g/mol. The lowest BCUT2D eigenvalue weighted by atomic mass is 10.0. The van der Waals surface area contributed by atoms with Gasteiger partial charge in [0.05, 0.1) is 33.9 Å². The van der Waals surface area contributed by atoms with Gasteiger partial charge in [-0.1, -0.05) is 78.9 Å². The third-order valence-electron chi connectivity index (χ3n) is 6.78. The quantitative estimate of drug-likeness (QED) is 0.298. The van der Waals surface area contributed by atoms with Crippen LogP contribution in [0.5, 0.6) is 0 Å². The largest absolute Gasteiger partial charge is 0.321 e. The number of hydrogen-bond donors (Lipinski definition) is 2. The molecule has 0 radical (unpaired) electrons. The molecule has 2 aliphatic heterocycles. The van der Waals surface area contributed by atoms with Gasteiger partial charge >= 0.3 is 0 Å². The number of rotatable bonds is 2. The summed E-state index contributed by atoms with van der Waals surface area (Å²) < 4.78 is 0. The maximum atomic E-state index is 12.9. The molecule has 2 aliphatic rings. The Bertz CT molecular complexity index is 1700. The van der Waals surface area contributed by atoms with E-state index in [-0.39, 0.29) is 11.8 Å². The van der Waals surface area contributed by atoms with Crippen molar-refractivity contribution in [3.8, 4) is 0 Å². The minimum absolute atomic E-state index is 0.150. The summed E-state index contributed by atoms with van der Waals surface area (Å²) in [7, 11) is 0. The number of aromatic nitrogens is 1. The van der Waals surface area contributed by atoms with Crippen molar-refractivity contribution in [2.45, 2.75) is 0 Å². The zero-order valence-corrected chi connectivity index (χ0v) is 19.1. The number of carbonyl (C=O) groups is 2. The molecule has 0 atom stereocenters. The van der Waals surface area contributed by atoms with Crippen LogP contribution in [0.1, 0.15) is 22.5 Å². The van der Waals surface area contributed by atoms with Gasteiger partial charge in [0.15, 0.2) is 0 Å². The second-order valence-electron chi connectivity index (χ2n) is 8.93. The zero-order chi connectivity index (χ0) is 24.2. The second kappa shape index (κ2) is 7.75. The van der Waals surface area contributed by atoms with E-state index in [1.54, 1.807) is 12.2 Å². The standard InChI is InChI=1S/C31H19N3O2/c35-30-26(24-14-12-18-6-1-3-10-22(18)28(24)33-30)16-20-8-5-9-21(32-20)17-27-25-15-13-19-7-2-4-11-23(19)29(25)34-31(27)36/h1-17H,(H,33,35)(H,34,36)/b26-16+,27-17+. The second-order valence-corrected chi connectivity index (χ2v) is 8.93. The topological polar surface area (TPSA) is 71.1 Å². The molecule has 4 aromatic carbocycles. The number of pyridine rings is 1. The maximum absolute atomic E-state index is 12.9. The Morgan fingerprint density at radius 3 is 1.50 bits per heavy atom. The molecular weight excluding hydrogens is 446 g/mol. The van der Waals surface area contributed by atoms with Crippen LogP contribution in [-0.2, 0) is 9.59 Å². The van der Waals surface area contributed by atoms with E-state index in [4.69, 9.17) is 4.98 Å². The maximum Gasteiger partial charge on any atom is 0.256 e. The van der Waals surface area contributed by atoms with Gasteiger partial charge in [0.25, 0.3) is 11.8 Å². The van der Waals surface area contributed by atoms with Crippen LogP contribution in [0.25, 0.3) is 44.8 Å². The van der Waals surface area contributed by atoms with Crippen LogP contribution in [0, 0.1) is 0 Å². The molecule has 0 fully saturated rings. The van der Waals surface area contributed by atoms with Crippen LogP contribution in [0.2, 0.25) is 0 Å². The van der Waals surface area contributed by atoms with Crippen molar-refractivity contribution in [2.75, 3.05) is 10.6 Å². The van der Waals surface area contributed by atoms with Gasteiger partial charge < -0.3 is 10.6 Å². The summed E-state index contributed by atoms with van der Waals surface area (Å²) in [5.74, 6) is -0.300. The Balaban J connectivity index is 1.29. The first-order valence-electron chi connectivity index (χ1n) is 11.7. The zero-order valence-electron chi connectivity index (χ0n) is 19.1. The Kier molecular flexibility index (Phi) is 4.38. The van der Waals surface area contributed by atoms with Crippen LogP contribution in [0.3, 0.4) is 0 Å². The van der Waals surface area contributed by atoms with Gasteiger partial charge in [-0.2, -0.15) is 0 Å². The van der Waals surface area contributed by atoms with Gasteiger partial charge in [-0.25, -0.2) is 4.98 Å². The van der Waals surface area contributed by atoms with E-state index in [2.05, 4.69) is 10.6 Å². The van der Waals surface area contributed by atoms with E-state index < -0.39 is 0 Å². The Hall–Kier alpha value is -5.03. The molecule has 0 saturated carbocycles. The van der Waals surface area contributed by atoms with Gasteiger partial charge in [0.2, 0.25) is 0 Å². The summed E-state index contributed by atoms with van der Waals surface area (Å²) in [5.41, 5.74) is 5.82. The summed E-state index contributed by atoms with van der Waals surface area (Å²) in [4.78, 5) is 30.4. The summed E-state index contributed by atoms with van der Waals surface area (Å²) in [6.07, 6.45) is 3.60. The molecule has 170 valence electrons. The SMILES string of the molecule is O=C1Nc2c(ccc3ccccc23)/C1=C\c1cccc(/C=C2/C(=O)Nc3c2ccc2ccccc32)n1. The fourth-order valence-electron chi connectivity index (χ4n) is 5.08. The Morgan fingerprint density at radius 2 is 1.00 bits per heavy atom. The normalized spacial score (nSPS) is 16.4. The average Bonchev–Trinajstić information content (AvgIpc) is 3.40. The highest BCUT2D eigenvalue weighted by atomic mass is 16.2. The highest BCUT2D eigenvalue weighted by Crippen LogP contribution is 2.40. The first-order chi connectivity index (χ1) is 17.7. The van der Waals surface area contributed by atoms with Crippen molar-refractivity contribution in [3.05, 3.63) is 114 Å².